The first-order chi connectivity index (χ1) is 5.20. The summed E-state index contributed by atoms with van der Waals surface area (Å²) < 4.78 is 0. The van der Waals surface area contributed by atoms with E-state index in [2.05, 4.69) is 5.32 Å². The lowest BCUT2D eigenvalue weighted by Crippen LogP contribution is -2.37. The molecule has 1 aliphatic heterocycles. The smallest absolute Gasteiger partial charge is 0.219 e. The van der Waals surface area contributed by atoms with Crippen molar-refractivity contribution in [1.82, 2.24) is 10.2 Å². The van der Waals surface area contributed by atoms with Crippen molar-refractivity contribution in [3.63, 3.8) is 0 Å². The van der Waals surface area contributed by atoms with E-state index in [0.717, 1.165) is 13.1 Å². The van der Waals surface area contributed by atoms with E-state index in [4.69, 9.17) is 0 Å². The van der Waals surface area contributed by atoms with Crippen LogP contribution >= 0.6 is 0 Å². The molecule has 1 N–H and O–H groups in total. The molecular formula is C8H16N2O. The predicted molar refractivity (Wildman–Crippen MR) is 44.3 cm³/mol. The second-order valence-electron chi connectivity index (χ2n) is 3.19. The van der Waals surface area contributed by atoms with Gasteiger partial charge in [0.25, 0.3) is 0 Å². The Balaban J connectivity index is 2.23. The zero-order chi connectivity index (χ0) is 8.27. The highest BCUT2D eigenvalue weighted by Gasteiger charge is 2.16. The third kappa shape index (κ3) is 2.50. The first-order valence-electron chi connectivity index (χ1n) is 4.15. The standard InChI is InChI=1S/C8H16N2O/c1-7(11)10(2)6-8-4-3-5-9-8/h8-9H,3-6H2,1-2H3. The van der Waals surface area contributed by atoms with Gasteiger partial charge >= 0.3 is 0 Å². The van der Waals surface area contributed by atoms with Crippen LogP contribution in [0.1, 0.15) is 19.8 Å². The van der Waals surface area contributed by atoms with Gasteiger partial charge in [0.2, 0.25) is 5.91 Å². The van der Waals surface area contributed by atoms with Crippen LogP contribution in [0.4, 0.5) is 0 Å². The Morgan fingerprint density at radius 1 is 1.73 bits per heavy atom. The molecule has 1 amide bonds. The van der Waals surface area contributed by atoms with Gasteiger partial charge in [-0.25, -0.2) is 0 Å². The largest absolute Gasteiger partial charge is 0.344 e. The van der Waals surface area contributed by atoms with Crippen molar-refractivity contribution in [2.45, 2.75) is 25.8 Å². The van der Waals surface area contributed by atoms with Crippen LogP contribution < -0.4 is 5.32 Å². The Kier molecular flexibility index (Phi) is 2.88. The van der Waals surface area contributed by atoms with Gasteiger partial charge in [-0.3, -0.25) is 4.79 Å². The third-order valence-electron chi connectivity index (χ3n) is 2.19. The maximum Gasteiger partial charge on any atom is 0.219 e. The van der Waals surface area contributed by atoms with Crippen molar-refractivity contribution < 1.29 is 4.79 Å². The minimum atomic E-state index is 0.152. The van der Waals surface area contributed by atoms with Gasteiger partial charge in [0.05, 0.1) is 0 Å². The predicted octanol–water partition coefficient (Wildman–Crippen LogP) is 0.217. The molecule has 1 fully saturated rings. The molecule has 0 spiro atoms. The molecule has 1 saturated heterocycles. The van der Waals surface area contributed by atoms with E-state index in [0.29, 0.717) is 6.04 Å². The number of rotatable bonds is 2. The van der Waals surface area contributed by atoms with Crippen LogP contribution in [0.5, 0.6) is 0 Å². The van der Waals surface area contributed by atoms with Gasteiger partial charge in [-0.15, -0.1) is 0 Å². The van der Waals surface area contributed by atoms with Crippen LogP contribution in [0, 0.1) is 0 Å². The van der Waals surface area contributed by atoms with Crippen LogP contribution in [0.3, 0.4) is 0 Å². The highest BCUT2D eigenvalue weighted by atomic mass is 16.2. The fourth-order valence-corrected chi connectivity index (χ4v) is 1.37. The number of likely N-dealkylation sites (N-methyl/N-ethyl adjacent to an activating group) is 1. The lowest BCUT2D eigenvalue weighted by molar-refractivity contribution is -0.127. The van der Waals surface area contributed by atoms with Gasteiger partial charge in [-0.1, -0.05) is 0 Å². The van der Waals surface area contributed by atoms with Gasteiger partial charge in [0.1, 0.15) is 0 Å². The first-order valence-corrected chi connectivity index (χ1v) is 4.15. The van der Waals surface area contributed by atoms with Gasteiger partial charge in [0.15, 0.2) is 0 Å². The van der Waals surface area contributed by atoms with Crippen molar-refractivity contribution >= 4 is 5.91 Å². The molecule has 0 aromatic carbocycles. The van der Waals surface area contributed by atoms with Crippen molar-refractivity contribution in [3.8, 4) is 0 Å². The molecule has 0 aromatic heterocycles. The Bertz CT molecular complexity index is 141. The summed E-state index contributed by atoms with van der Waals surface area (Å²) in [4.78, 5) is 12.6. The Labute approximate surface area is 67.8 Å². The number of carbonyl (C=O) groups excluding carboxylic acids is 1. The molecule has 0 saturated carbocycles. The molecule has 64 valence electrons. The molecule has 1 rings (SSSR count). The summed E-state index contributed by atoms with van der Waals surface area (Å²) in [7, 11) is 1.85. The summed E-state index contributed by atoms with van der Waals surface area (Å²) in [5.74, 6) is 0.152. The van der Waals surface area contributed by atoms with Crippen LogP contribution in [-0.4, -0.2) is 37.0 Å². The summed E-state index contributed by atoms with van der Waals surface area (Å²) in [6.07, 6.45) is 2.45. The van der Waals surface area contributed by atoms with Crippen LogP contribution in [0.2, 0.25) is 0 Å². The van der Waals surface area contributed by atoms with E-state index in [1.165, 1.54) is 12.8 Å². The van der Waals surface area contributed by atoms with Gasteiger partial charge in [0, 0.05) is 26.6 Å². The molecular weight excluding hydrogens is 140 g/mol. The second-order valence-corrected chi connectivity index (χ2v) is 3.19. The summed E-state index contributed by atoms with van der Waals surface area (Å²) in [6, 6.07) is 0.531. The average Bonchev–Trinajstić information content (AvgIpc) is 2.39. The number of hydrogen-bond acceptors (Lipinski definition) is 2. The molecule has 0 aromatic rings. The second kappa shape index (κ2) is 3.72. The van der Waals surface area contributed by atoms with E-state index in [-0.39, 0.29) is 5.91 Å². The molecule has 1 atom stereocenters. The number of hydrogen-bond donors (Lipinski definition) is 1. The lowest BCUT2D eigenvalue weighted by Gasteiger charge is -2.19. The molecule has 0 radical (unpaired) electrons. The summed E-state index contributed by atoms with van der Waals surface area (Å²) in [6.45, 7) is 3.57. The maximum absolute atomic E-state index is 10.8. The van der Waals surface area contributed by atoms with Crippen molar-refractivity contribution in [2.75, 3.05) is 20.1 Å². The Morgan fingerprint density at radius 2 is 2.45 bits per heavy atom. The fraction of sp³-hybridized carbons (Fsp3) is 0.875. The molecule has 1 aliphatic rings. The number of nitrogens with one attached hydrogen (secondary N) is 1. The normalized spacial score (nSPS) is 23.6. The van der Waals surface area contributed by atoms with Gasteiger partial charge < -0.3 is 10.2 Å². The summed E-state index contributed by atoms with van der Waals surface area (Å²) >= 11 is 0. The molecule has 0 aliphatic carbocycles. The van der Waals surface area contributed by atoms with Crippen LogP contribution in [0.15, 0.2) is 0 Å². The monoisotopic (exact) mass is 156 g/mol. The van der Waals surface area contributed by atoms with Crippen LogP contribution in [-0.2, 0) is 4.79 Å². The average molecular weight is 156 g/mol. The fourth-order valence-electron chi connectivity index (χ4n) is 1.37. The van der Waals surface area contributed by atoms with Gasteiger partial charge in [-0.05, 0) is 19.4 Å². The van der Waals surface area contributed by atoms with Crippen molar-refractivity contribution in [1.29, 1.82) is 0 Å². The zero-order valence-corrected chi connectivity index (χ0v) is 7.26. The topological polar surface area (TPSA) is 32.3 Å². The molecule has 1 heterocycles. The minimum Gasteiger partial charge on any atom is -0.344 e. The quantitative estimate of drug-likeness (QED) is 0.620. The Hall–Kier alpha value is -0.570. The number of carbonyl (C=O) groups is 1. The van der Waals surface area contributed by atoms with E-state index in [1.807, 2.05) is 7.05 Å². The maximum atomic E-state index is 10.8. The first kappa shape index (κ1) is 8.53. The SMILES string of the molecule is CC(=O)N(C)CC1CCCN1. The number of amides is 1. The van der Waals surface area contributed by atoms with E-state index < -0.39 is 0 Å². The third-order valence-corrected chi connectivity index (χ3v) is 2.19. The Morgan fingerprint density at radius 3 is 2.91 bits per heavy atom. The molecule has 11 heavy (non-hydrogen) atoms. The van der Waals surface area contributed by atoms with Gasteiger partial charge in [-0.2, -0.15) is 0 Å². The minimum absolute atomic E-state index is 0.152. The molecule has 1 unspecified atom stereocenters. The summed E-state index contributed by atoms with van der Waals surface area (Å²) in [5, 5.41) is 3.35. The number of nitrogens with zero attached hydrogens (tertiary/aromatic N) is 1. The van der Waals surface area contributed by atoms with E-state index in [9.17, 15) is 4.79 Å². The van der Waals surface area contributed by atoms with Crippen LogP contribution in [0.25, 0.3) is 0 Å². The van der Waals surface area contributed by atoms with E-state index in [1.54, 1.807) is 11.8 Å². The zero-order valence-electron chi connectivity index (χ0n) is 7.26. The molecule has 3 nitrogen and oxygen atoms in total. The van der Waals surface area contributed by atoms with Crippen molar-refractivity contribution in [3.05, 3.63) is 0 Å². The highest BCUT2D eigenvalue weighted by molar-refractivity contribution is 5.72. The molecule has 0 bridgehead atoms. The highest BCUT2D eigenvalue weighted by Crippen LogP contribution is 2.05. The van der Waals surface area contributed by atoms with E-state index >= 15 is 0 Å². The van der Waals surface area contributed by atoms with Crippen molar-refractivity contribution in [2.24, 2.45) is 0 Å². The lowest BCUT2D eigenvalue weighted by atomic mass is 10.2. The summed E-state index contributed by atoms with van der Waals surface area (Å²) in [5.41, 5.74) is 0. The molecule has 3 heteroatoms.